The Balaban J connectivity index is 1.67. The van der Waals surface area contributed by atoms with Crippen molar-refractivity contribution in [1.29, 1.82) is 0 Å². The number of ether oxygens (including phenoxy) is 1. The summed E-state index contributed by atoms with van der Waals surface area (Å²) in [5.41, 5.74) is 1.00. The second-order valence-corrected chi connectivity index (χ2v) is 9.28. The molecule has 0 radical (unpaired) electrons. The quantitative estimate of drug-likeness (QED) is 0.721. The number of rotatable bonds is 7. The van der Waals surface area contributed by atoms with E-state index in [1.165, 1.54) is 16.4 Å². The van der Waals surface area contributed by atoms with Gasteiger partial charge in [-0.1, -0.05) is 41.9 Å². The first kappa shape index (κ1) is 21.6. The first-order chi connectivity index (χ1) is 13.9. The van der Waals surface area contributed by atoms with Crippen LogP contribution in [0, 0.1) is 5.92 Å². The zero-order chi connectivity index (χ0) is 20.9. The maximum atomic E-state index is 13.1. The van der Waals surface area contributed by atoms with Gasteiger partial charge in [-0.25, -0.2) is 8.42 Å². The average molecular weight is 437 g/mol. The van der Waals surface area contributed by atoms with E-state index in [1.807, 2.05) is 37.3 Å². The fraction of sp³-hybridized carbons (Fsp3) is 0.381. The van der Waals surface area contributed by atoms with Gasteiger partial charge in [0.15, 0.2) is 0 Å². The highest BCUT2D eigenvalue weighted by atomic mass is 35.5. The Morgan fingerprint density at radius 2 is 2.00 bits per heavy atom. The minimum Gasteiger partial charge on any atom is -0.492 e. The van der Waals surface area contributed by atoms with Crippen LogP contribution in [0.3, 0.4) is 0 Å². The molecular weight excluding hydrogens is 412 g/mol. The molecule has 1 heterocycles. The third-order valence-corrected chi connectivity index (χ3v) is 7.06. The van der Waals surface area contributed by atoms with Crippen LogP contribution in [0.25, 0.3) is 0 Å². The molecule has 1 amide bonds. The van der Waals surface area contributed by atoms with Gasteiger partial charge in [-0.15, -0.1) is 0 Å². The topological polar surface area (TPSA) is 75.7 Å². The van der Waals surface area contributed by atoms with Crippen molar-refractivity contribution in [3.63, 3.8) is 0 Å². The van der Waals surface area contributed by atoms with E-state index < -0.39 is 10.0 Å². The largest absolute Gasteiger partial charge is 0.492 e. The summed E-state index contributed by atoms with van der Waals surface area (Å²) in [6.07, 6.45) is 1.30. The van der Waals surface area contributed by atoms with Gasteiger partial charge in [0.25, 0.3) is 0 Å². The second kappa shape index (κ2) is 9.61. The highest BCUT2D eigenvalue weighted by molar-refractivity contribution is 7.89. The number of piperidine rings is 1. The van der Waals surface area contributed by atoms with E-state index in [-0.39, 0.29) is 28.3 Å². The molecule has 156 valence electrons. The van der Waals surface area contributed by atoms with E-state index in [0.29, 0.717) is 38.3 Å². The Kier molecular flexibility index (Phi) is 7.16. The second-order valence-electron chi connectivity index (χ2n) is 6.93. The first-order valence-corrected chi connectivity index (χ1v) is 11.5. The predicted molar refractivity (Wildman–Crippen MR) is 112 cm³/mol. The van der Waals surface area contributed by atoms with Crippen molar-refractivity contribution in [2.75, 3.05) is 19.7 Å². The van der Waals surface area contributed by atoms with Crippen LogP contribution in [-0.2, 0) is 21.4 Å². The number of carbonyl (C=O) groups is 1. The number of carbonyl (C=O) groups excluding carboxylic acids is 1. The molecule has 1 aliphatic heterocycles. The van der Waals surface area contributed by atoms with Gasteiger partial charge in [0.1, 0.15) is 5.75 Å². The van der Waals surface area contributed by atoms with E-state index in [4.69, 9.17) is 16.3 Å². The van der Waals surface area contributed by atoms with E-state index >= 15 is 0 Å². The first-order valence-electron chi connectivity index (χ1n) is 9.66. The zero-order valence-electron chi connectivity index (χ0n) is 16.3. The van der Waals surface area contributed by atoms with Gasteiger partial charge in [-0.05, 0) is 43.5 Å². The fourth-order valence-corrected chi connectivity index (χ4v) is 5.22. The van der Waals surface area contributed by atoms with Gasteiger partial charge in [0, 0.05) is 19.6 Å². The number of nitrogens with one attached hydrogen (secondary N) is 1. The summed E-state index contributed by atoms with van der Waals surface area (Å²) in [4.78, 5) is 12.7. The highest BCUT2D eigenvalue weighted by Crippen LogP contribution is 2.30. The van der Waals surface area contributed by atoms with Gasteiger partial charge in [0.05, 0.1) is 22.4 Å². The maximum Gasteiger partial charge on any atom is 0.243 e. The number of amides is 1. The summed E-state index contributed by atoms with van der Waals surface area (Å²) in [6.45, 7) is 3.25. The summed E-state index contributed by atoms with van der Waals surface area (Å²) >= 11 is 6.16. The SMILES string of the molecule is CCOc1ccc(S(=O)(=O)N2CCC[C@H](C(=O)NCc3ccccc3)C2)cc1Cl. The van der Waals surface area contributed by atoms with Crippen LogP contribution in [0.5, 0.6) is 5.75 Å². The number of nitrogens with zero attached hydrogens (tertiary/aromatic N) is 1. The molecule has 0 saturated carbocycles. The van der Waals surface area contributed by atoms with Crippen molar-refractivity contribution in [3.8, 4) is 5.75 Å². The van der Waals surface area contributed by atoms with Gasteiger partial charge < -0.3 is 10.1 Å². The molecule has 1 saturated heterocycles. The Hall–Kier alpha value is -2.09. The lowest BCUT2D eigenvalue weighted by Crippen LogP contribution is -2.45. The van der Waals surface area contributed by atoms with E-state index in [0.717, 1.165) is 5.56 Å². The third kappa shape index (κ3) is 5.29. The number of hydrogen-bond donors (Lipinski definition) is 1. The molecular formula is C21H25ClN2O4S. The van der Waals surface area contributed by atoms with Crippen LogP contribution in [-0.4, -0.2) is 38.3 Å². The Bertz CT molecular complexity index is 950. The number of sulfonamides is 1. The van der Waals surface area contributed by atoms with Gasteiger partial charge in [-0.2, -0.15) is 4.31 Å². The minimum absolute atomic E-state index is 0.108. The van der Waals surface area contributed by atoms with Crippen LogP contribution < -0.4 is 10.1 Å². The summed E-state index contributed by atoms with van der Waals surface area (Å²) in [7, 11) is -3.74. The molecule has 0 spiro atoms. The van der Waals surface area contributed by atoms with Gasteiger partial charge in [0.2, 0.25) is 15.9 Å². The van der Waals surface area contributed by atoms with Crippen molar-refractivity contribution < 1.29 is 17.9 Å². The van der Waals surface area contributed by atoms with E-state index in [2.05, 4.69) is 5.32 Å². The minimum atomic E-state index is -3.74. The molecule has 1 N–H and O–H groups in total. The standard InChI is InChI=1S/C21H25ClN2O4S/c1-2-28-20-11-10-18(13-19(20)22)29(26,27)24-12-6-9-17(15-24)21(25)23-14-16-7-4-3-5-8-16/h3-5,7-8,10-11,13,17H,2,6,9,12,14-15H2,1H3,(H,23,25)/t17-/m0/s1. The molecule has 29 heavy (non-hydrogen) atoms. The molecule has 6 nitrogen and oxygen atoms in total. The van der Waals surface area contributed by atoms with Crippen molar-refractivity contribution in [1.82, 2.24) is 9.62 Å². The molecule has 0 bridgehead atoms. The van der Waals surface area contributed by atoms with Gasteiger partial charge in [-0.3, -0.25) is 4.79 Å². The monoisotopic (exact) mass is 436 g/mol. The molecule has 1 atom stereocenters. The average Bonchev–Trinajstić information content (AvgIpc) is 2.74. The Morgan fingerprint density at radius 1 is 1.24 bits per heavy atom. The Labute approximate surface area is 176 Å². The zero-order valence-corrected chi connectivity index (χ0v) is 17.9. The maximum absolute atomic E-state index is 13.1. The normalized spacial score (nSPS) is 17.7. The van der Waals surface area contributed by atoms with Crippen LogP contribution >= 0.6 is 11.6 Å². The molecule has 0 unspecified atom stereocenters. The van der Waals surface area contributed by atoms with Crippen LogP contribution in [0.15, 0.2) is 53.4 Å². The summed E-state index contributed by atoms with van der Waals surface area (Å²) < 4.78 is 32.8. The lowest BCUT2D eigenvalue weighted by molar-refractivity contribution is -0.126. The third-order valence-electron chi connectivity index (χ3n) is 4.91. The van der Waals surface area contributed by atoms with Crippen molar-refractivity contribution in [2.24, 2.45) is 5.92 Å². The predicted octanol–water partition coefficient (Wildman–Crippen LogP) is 3.46. The van der Waals surface area contributed by atoms with Crippen LogP contribution in [0.2, 0.25) is 5.02 Å². The lowest BCUT2D eigenvalue weighted by atomic mass is 9.99. The van der Waals surface area contributed by atoms with Crippen molar-refractivity contribution >= 4 is 27.5 Å². The molecule has 3 rings (SSSR count). The summed E-state index contributed by atoms with van der Waals surface area (Å²) in [6, 6.07) is 14.1. The van der Waals surface area contributed by atoms with Gasteiger partial charge >= 0.3 is 0 Å². The molecule has 0 aromatic heterocycles. The molecule has 0 aliphatic carbocycles. The summed E-state index contributed by atoms with van der Waals surface area (Å²) in [5, 5.41) is 3.16. The number of hydrogen-bond acceptors (Lipinski definition) is 4. The molecule has 1 fully saturated rings. The molecule has 2 aromatic carbocycles. The van der Waals surface area contributed by atoms with Crippen molar-refractivity contribution in [3.05, 3.63) is 59.1 Å². The lowest BCUT2D eigenvalue weighted by Gasteiger charge is -2.31. The van der Waals surface area contributed by atoms with Crippen LogP contribution in [0.4, 0.5) is 0 Å². The summed E-state index contributed by atoms with van der Waals surface area (Å²) in [5.74, 6) is -0.0520. The smallest absolute Gasteiger partial charge is 0.243 e. The Morgan fingerprint density at radius 3 is 2.69 bits per heavy atom. The highest BCUT2D eigenvalue weighted by Gasteiger charge is 2.33. The number of benzene rings is 2. The number of halogens is 1. The van der Waals surface area contributed by atoms with E-state index in [9.17, 15) is 13.2 Å². The van der Waals surface area contributed by atoms with E-state index in [1.54, 1.807) is 6.07 Å². The molecule has 8 heteroatoms. The van der Waals surface area contributed by atoms with Crippen LogP contribution in [0.1, 0.15) is 25.3 Å². The fourth-order valence-electron chi connectivity index (χ4n) is 3.37. The molecule has 2 aromatic rings. The molecule has 1 aliphatic rings. The van der Waals surface area contributed by atoms with Crippen molar-refractivity contribution in [2.45, 2.75) is 31.2 Å².